The number of carbonyl (C=O) groups is 1. The molecule has 151 valence electrons. The van der Waals surface area contributed by atoms with Gasteiger partial charge in [0.15, 0.2) is 0 Å². The summed E-state index contributed by atoms with van der Waals surface area (Å²) in [5.41, 5.74) is 1.74. The molecule has 1 radical (unpaired) electrons. The highest BCUT2D eigenvalue weighted by atomic mass is 28.4. The maximum atomic E-state index is 13.6. The molecule has 0 heterocycles. The third kappa shape index (κ3) is 3.98. The van der Waals surface area contributed by atoms with Crippen molar-refractivity contribution in [3.63, 3.8) is 0 Å². The van der Waals surface area contributed by atoms with Crippen LogP contribution in [0.2, 0.25) is 21.7 Å². The second-order valence-corrected chi connectivity index (χ2v) is 15.9. The molecule has 0 aromatic heterocycles. The van der Waals surface area contributed by atoms with E-state index in [1.807, 2.05) is 13.8 Å². The normalized spacial score (nSPS) is 22.3. The molecule has 0 aromatic carbocycles. The van der Waals surface area contributed by atoms with Gasteiger partial charge in [0.1, 0.15) is 5.04 Å². The maximum Gasteiger partial charge on any atom is 0.402 e. The van der Waals surface area contributed by atoms with Crippen molar-refractivity contribution in [2.45, 2.75) is 107 Å². The van der Waals surface area contributed by atoms with Gasteiger partial charge in [-0.3, -0.25) is 4.79 Å². The van der Waals surface area contributed by atoms with Gasteiger partial charge in [0, 0.05) is 14.2 Å². The van der Waals surface area contributed by atoms with Crippen LogP contribution in [0.4, 0.5) is 0 Å². The van der Waals surface area contributed by atoms with Gasteiger partial charge < -0.3 is 13.3 Å². The van der Waals surface area contributed by atoms with Gasteiger partial charge in [-0.25, -0.2) is 0 Å². The Morgan fingerprint density at radius 1 is 1.04 bits per heavy atom. The molecule has 1 atom stereocenters. The molecule has 0 N–H and O–H groups in total. The minimum absolute atomic E-state index is 0.0447. The van der Waals surface area contributed by atoms with Crippen LogP contribution in [-0.4, -0.2) is 37.8 Å². The average Bonchev–Trinajstić information content (AvgIpc) is 3.33. The fourth-order valence-electron chi connectivity index (χ4n) is 5.49. The summed E-state index contributed by atoms with van der Waals surface area (Å²) < 4.78 is 18.0. The van der Waals surface area contributed by atoms with E-state index >= 15 is 0 Å². The molecule has 4 nitrogen and oxygen atoms in total. The van der Waals surface area contributed by atoms with E-state index in [9.17, 15) is 4.79 Å². The minimum Gasteiger partial charge on any atom is -0.518 e. The molecule has 2 fully saturated rings. The van der Waals surface area contributed by atoms with Gasteiger partial charge in [-0.05, 0) is 55.7 Å². The Morgan fingerprint density at radius 3 is 1.77 bits per heavy atom. The SMILES string of the molecule is CCC(C)(C(=O)O[Si](C(C)C)(C1CCCC1)C1CCCC1)[Si](OC)OC. The van der Waals surface area contributed by atoms with Crippen molar-refractivity contribution in [1.82, 2.24) is 0 Å². The zero-order chi connectivity index (χ0) is 19.4. The molecule has 6 heteroatoms. The van der Waals surface area contributed by atoms with Crippen molar-refractivity contribution in [3.05, 3.63) is 0 Å². The molecular formula is C20H39O4Si2. The smallest absolute Gasteiger partial charge is 0.402 e. The first-order chi connectivity index (χ1) is 12.4. The molecule has 2 aliphatic carbocycles. The lowest BCUT2D eigenvalue weighted by Crippen LogP contribution is -2.54. The topological polar surface area (TPSA) is 44.8 Å². The maximum absolute atomic E-state index is 13.6. The molecule has 2 aliphatic rings. The quantitative estimate of drug-likeness (QED) is 0.465. The van der Waals surface area contributed by atoms with Gasteiger partial charge in [0.2, 0.25) is 0 Å². The van der Waals surface area contributed by atoms with Gasteiger partial charge in [0.25, 0.3) is 14.3 Å². The largest absolute Gasteiger partial charge is 0.518 e. The van der Waals surface area contributed by atoms with Gasteiger partial charge in [-0.2, -0.15) is 0 Å². The van der Waals surface area contributed by atoms with Crippen LogP contribution < -0.4 is 0 Å². The molecule has 0 spiro atoms. The van der Waals surface area contributed by atoms with Crippen LogP contribution in [0.15, 0.2) is 0 Å². The summed E-state index contributed by atoms with van der Waals surface area (Å²) in [6.45, 7) is 8.67. The Kier molecular flexibility index (Phi) is 7.95. The lowest BCUT2D eigenvalue weighted by molar-refractivity contribution is -0.140. The molecule has 26 heavy (non-hydrogen) atoms. The van der Waals surface area contributed by atoms with Crippen LogP contribution >= 0.6 is 0 Å². The molecule has 2 rings (SSSR count). The molecule has 0 aliphatic heterocycles. The van der Waals surface area contributed by atoms with Crippen LogP contribution in [0, 0.1) is 0 Å². The predicted octanol–water partition coefficient (Wildman–Crippen LogP) is 5.72. The Hall–Kier alpha value is -0.176. The fourth-order valence-corrected chi connectivity index (χ4v) is 13.5. The van der Waals surface area contributed by atoms with E-state index in [4.69, 9.17) is 13.3 Å². The molecular weight excluding hydrogens is 360 g/mol. The van der Waals surface area contributed by atoms with Crippen molar-refractivity contribution in [2.75, 3.05) is 14.2 Å². The van der Waals surface area contributed by atoms with Gasteiger partial charge in [-0.1, -0.05) is 46.5 Å². The monoisotopic (exact) mass is 399 g/mol. The minimum atomic E-state index is -2.21. The van der Waals surface area contributed by atoms with Crippen molar-refractivity contribution in [1.29, 1.82) is 0 Å². The van der Waals surface area contributed by atoms with E-state index in [0.29, 0.717) is 23.0 Å². The Bertz CT molecular complexity index is 439. The number of hydrogen-bond acceptors (Lipinski definition) is 4. The average molecular weight is 400 g/mol. The summed E-state index contributed by atoms with van der Waals surface area (Å²) in [5, 5.41) is -0.654. The Morgan fingerprint density at radius 2 is 1.46 bits per heavy atom. The van der Waals surface area contributed by atoms with Crippen molar-refractivity contribution >= 4 is 23.6 Å². The van der Waals surface area contributed by atoms with Crippen LogP contribution in [0.25, 0.3) is 0 Å². The summed E-state index contributed by atoms with van der Waals surface area (Å²) in [4.78, 5) is 13.6. The molecule has 2 saturated carbocycles. The molecule has 0 bridgehead atoms. The van der Waals surface area contributed by atoms with E-state index in [1.54, 1.807) is 14.2 Å². The highest BCUT2D eigenvalue weighted by molar-refractivity contribution is 6.79. The lowest BCUT2D eigenvalue weighted by atomic mass is 10.1. The van der Waals surface area contributed by atoms with E-state index in [0.717, 1.165) is 0 Å². The molecule has 1 unspecified atom stereocenters. The summed E-state index contributed by atoms with van der Waals surface area (Å²) in [6.07, 6.45) is 10.9. The third-order valence-electron chi connectivity index (χ3n) is 7.14. The second-order valence-electron chi connectivity index (χ2n) is 8.74. The van der Waals surface area contributed by atoms with Crippen LogP contribution in [0.3, 0.4) is 0 Å². The fraction of sp³-hybridized carbons (Fsp3) is 0.950. The van der Waals surface area contributed by atoms with E-state index < -0.39 is 22.6 Å². The van der Waals surface area contributed by atoms with Gasteiger partial charge >= 0.3 is 9.28 Å². The zero-order valence-corrected chi connectivity index (χ0v) is 19.7. The van der Waals surface area contributed by atoms with E-state index in [2.05, 4.69) is 13.8 Å². The standard InChI is InChI=1S/C20H39O4Si2/c1-7-20(4,25(22-5)23-6)19(21)24-26(16(2)3,17-12-8-9-13-17)18-14-10-11-15-18/h16-18H,7-15H2,1-6H3. The highest BCUT2D eigenvalue weighted by Gasteiger charge is 2.58. The first-order valence-electron chi connectivity index (χ1n) is 10.6. The summed E-state index contributed by atoms with van der Waals surface area (Å²) in [6, 6.07) is 0. The molecule has 0 aromatic rings. The van der Waals surface area contributed by atoms with Gasteiger partial charge in [-0.15, -0.1) is 0 Å². The van der Waals surface area contributed by atoms with Crippen LogP contribution in [0.5, 0.6) is 0 Å². The third-order valence-corrected chi connectivity index (χ3v) is 15.4. The van der Waals surface area contributed by atoms with Crippen LogP contribution in [-0.2, 0) is 18.1 Å². The summed E-state index contributed by atoms with van der Waals surface area (Å²) in [5.74, 6) is -0.0447. The number of hydrogen-bond donors (Lipinski definition) is 0. The van der Waals surface area contributed by atoms with Crippen molar-refractivity contribution in [3.8, 4) is 0 Å². The predicted molar refractivity (Wildman–Crippen MR) is 110 cm³/mol. The first kappa shape index (κ1) is 22.1. The van der Waals surface area contributed by atoms with E-state index in [1.165, 1.54) is 51.4 Å². The highest BCUT2D eigenvalue weighted by Crippen LogP contribution is 2.56. The lowest BCUT2D eigenvalue weighted by Gasteiger charge is -2.46. The van der Waals surface area contributed by atoms with Crippen molar-refractivity contribution < 1.29 is 18.1 Å². The molecule has 0 saturated heterocycles. The Balaban J connectivity index is 2.37. The molecule has 0 amide bonds. The zero-order valence-electron chi connectivity index (χ0n) is 17.7. The second kappa shape index (κ2) is 9.35. The summed E-state index contributed by atoms with van der Waals surface area (Å²) in [7, 11) is -0.611. The number of rotatable bonds is 9. The Labute approximate surface area is 163 Å². The van der Waals surface area contributed by atoms with Crippen molar-refractivity contribution in [2.24, 2.45) is 0 Å². The number of carbonyl (C=O) groups excluding carboxylic acids is 1. The van der Waals surface area contributed by atoms with Gasteiger partial charge in [0.05, 0.1) is 0 Å². The van der Waals surface area contributed by atoms with E-state index in [-0.39, 0.29) is 5.97 Å². The van der Waals surface area contributed by atoms with Crippen LogP contribution in [0.1, 0.15) is 85.5 Å². The summed E-state index contributed by atoms with van der Waals surface area (Å²) >= 11 is 0. The first-order valence-corrected chi connectivity index (χ1v) is 14.0.